The maximum Gasteiger partial charge on any atom is 0.274 e. The van der Waals surface area contributed by atoms with Gasteiger partial charge in [0.25, 0.3) is 5.91 Å². The second-order valence-electron chi connectivity index (χ2n) is 10.5. The number of allylic oxidation sites excluding steroid dienone is 1. The summed E-state index contributed by atoms with van der Waals surface area (Å²) in [6, 6.07) is 16.7. The number of nitrogens with one attached hydrogen (secondary N) is 2. The molecule has 0 aliphatic heterocycles. The molecule has 2 heterocycles. The number of hydrogen-bond acceptors (Lipinski definition) is 10. The average Bonchev–Trinajstić information content (AvgIpc) is 3.72. The minimum Gasteiger partial charge on any atom is -0.493 e. The Morgan fingerprint density at radius 3 is 2.58 bits per heavy atom. The zero-order valence-electron chi connectivity index (χ0n) is 25.0. The highest BCUT2D eigenvalue weighted by molar-refractivity contribution is 5.97. The fraction of sp³-hybridized carbons (Fsp3) is 0.281. The van der Waals surface area contributed by atoms with E-state index in [0.717, 1.165) is 11.1 Å². The van der Waals surface area contributed by atoms with Crippen LogP contribution in [0, 0.1) is 31.1 Å². The Kier molecular flexibility index (Phi) is 10.9. The summed E-state index contributed by atoms with van der Waals surface area (Å²) in [5.74, 6) is -1.88. The summed E-state index contributed by atoms with van der Waals surface area (Å²) in [5.41, 5.74) is 2.77. The van der Waals surface area contributed by atoms with Crippen molar-refractivity contribution in [3.63, 3.8) is 0 Å². The van der Waals surface area contributed by atoms with E-state index in [2.05, 4.69) is 31.9 Å². The molecule has 4 rings (SSSR count). The smallest absolute Gasteiger partial charge is 0.274 e. The Bertz CT molecular complexity index is 1690. The van der Waals surface area contributed by atoms with E-state index in [9.17, 15) is 24.8 Å². The number of aryl methyl sites for hydroxylation is 2. The largest absolute Gasteiger partial charge is 0.493 e. The number of carbonyl (C=O) groups excluding carboxylic acids is 3. The minimum atomic E-state index is -1.31. The third kappa shape index (κ3) is 9.19. The molecule has 0 unspecified atom stereocenters. The molecule has 0 saturated carbocycles. The summed E-state index contributed by atoms with van der Waals surface area (Å²) in [5, 5.41) is 32.9. The molecule has 13 nitrogen and oxygen atoms in total. The number of ether oxygens (including phenoxy) is 1. The van der Waals surface area contributed by atoms with E-state index in [-0.39, 0.29) is 31.0 Å². The van der Waals surface area contributed by atoms with Gasteiger partial charge in [0, 0.05) is 19.0 Å². The number of nitrogens with zero attached hydrogens (tertiary/aromatic N) is 5. The van der Waals surface area contributed by atoms with Gasteiger partial charge in [0.1, 0.15) is 48.6 Å². The Hall–Kier alpha value is -5.61. The van der Waals surface area contributed by atoms with Crippen LogP contribution in [0.3, 0.4) is 0 Å². The van der Waals surface area contributed by atoms with Crippen molar-refractivity contribution >= 4 is 29.4 Å². The summed E-state index contributed by atoms with van der Waals surface area (Å²) in [7, 11) is 0. The number of ketones is 1. The third-order valence-corrected chi connectivity index (χ3v) is 6.77. The highest BCUT2D eigenvalue weighted by Gasteiger charge is 2.31. The normalized spacial score (nSPS) is 13.3. The molecular formula is C32H33N7O6. The number of aliphatic hydroxyl groups excluding tert-OH is 1. The number of hydrogen-bond donors (Lipinski definition) is 3. The van der Waals surface area contributed by atoms with Crippen molar-refractivity contribution in [2.24, 2.45) is 5.92 Å². The lowest BCUT2D eigenvalue weighted by Gasteiger charge is -2.23. The molecule has 45 heavy (non-hydrogen) atoms. The van der Waals surface area contributed by atoms with Gasteiger partial charge in [0.2, 0.25) is 5.91 Å². The summed E-state index contributed by atoms with van der Waals surface area (Å²) in [6.45, 7) is 4.99. The molecule has 0 saturated heterocycles. The zero-order valence-corrected chi connectivity index (χ0v) is 25.0. The van der Waals surface area contributed by atoms with Crippen molar-refractivity contribution in [3.05, 3.63) is 95.4 Å². The van der Waals surface area contributed by atoms with Gasteiger partial charge in [0.05, 0.1) is 12.0 Å². The van der Waals surface area contributed by atoms with Crippen molar-refractivity contribution in [3.8, 4) is 11.8 Å². The molecule has 232 valence electrons. The molecular weight excluding hydrogens is 578 g/mol. The van der Waals surface area contributed by atoms with Crippen molar-refractivity contribution in [2.45, 2.75) is 45.9 Å². The number of benzene rings is 2. The Morgan fingerprint density at radius 1 is 1.16 bits per heavy atom. The topological polar surface area (TPSA) is 185 Å². The monoisotopic (exact) mass is 611 g/mol. The molecule has 0 fully saturated rings. The second-order valence-corrected chi connectivity index (χ2v) is 10.5. The molecule has 2 aromatic heterocycles. The number of nitriles is 1. The maximum absolute atomic E-state index is 13.4. The van der Waals surface area contributed by atoms with Gasteiger partial charge in [-0.05, 0) is 50.1 Å². The first kappa shape index (κ1) is 32.3. The molecule has 3 N–H and O–H groups in total. The number of carbonyl (C=O) groups is 3. The second kappa shape index (κ2) is 15.2. The van der Waals surface area contributed by atoms with E-state index < -0.39 is 35.7 Å². The molecule has 4 aromatic rings. The Balaban J connectivity index is 1.50. The van der Waals surface area contributed by atoms with E-state index in [1.165, 1.54) is 30.3 Å². The zero-order chi connectivity index (χ0) is 32.3. The van der Waals surface area contributed by atoms with Crippen molar-refractivity contribution in [2.75, 3.05) is 6.61 Å². The molecule has 2 aromatic carbocycles. The van der Waals surface area contributed by atoms with Crippen LogP contribution < -0.4 is 15.4 Å². The lowest BCUT2D eigenvalue weighted by atomic mass is 9.95. The molecule has 0 aliphatic carbocycles. The Morgan fingerprint density at radius 2 is 1.93 bits per heavy atom. The van der Waals surface area contributed by atoms with Crippen LogP contribution in [0.25, 0.3) is 11.8 Å². The summed E-state index contributed by atoms with van der Waals surface area (Å²) >= 11 is 0. The molecule has 13 heteroatoms. The van der Waals surface area contributed by atoms with Crippen LogP contribution in [0.5, 0.6) is 5.75 Å². The van der Waals surface area contributed by atoms with E-state index >= 15 is 0 Å². The number of amides is 2. The van der Waals surface area contributed by atoms with Crippen molar-refractivity contribution in [1.82, 2.24) is 30.6 Å². The molecule has 0 radical (unpaired) electrons. The molecule has 3 atom stereocenters. The highest BCUT2D eigenvalue weighted by Crippen LogP contribution is 2.19. The predicted molar refractivity (Wildman–Crippen MR) is 162 cm³/mol. The van der Waals surface area contributed by atoms with Gasteiger partial charge >= 0.3 is 0 Å². The highest BCUT2D eigenvalue weighted by atomic mass is 16.5. The fourth-order valence-electron chi connectivity index (χ4n) is 4.33. The van der Waals surface area contributed by atoms with E-state index in [1.807, 2.05) is 31.2 Å². The number of rotatable bonds is 14. The van der Waals surface area contributed by atoms with Crippen LogP contribution in [0.4, 0.5) is 0 Å². The number of Topliss-reactive ketones (excluding diaryl/α,β-unsaturated/α-hetero) is 1. The van der Waals surface area contributed by atoms with Gasteiger partial charge in [0.15, 0.2) is 11.5 Å². The van der Waals surface area contributed by atoms with Crippen LogP contribution in [0.15, 0.2) is 71.8 Å². The lowest BCUT2D eigenvalue weighted by Crippen LogP contribution is -2.49. The minimum absolute atomic E-state index is 0.0426. The van der Waals surface area contributed by atoms with Gasteiger partial charge in [-0.15, -0.1) is 0 Å². The summed E-state index contributed by atoms with van der Waals surface area (Å²) in [4.78, 5) is 43.3. The molecule has 2 amide bonds. The van der Waals surface area contributed by atoms with Gasteiger partial charge < -0.3 is 25.0 Å². The number of aromatic nitrogens is 4. The average molecular weight is 612 g/mol. The maximum atomic E-state index is 13.4. The third-order valence-electron chi connectivity index (χ3n) is 6.77. The van der Waals surface area contributed by atoms with Crippen LogP contribution in [-0.2, 0) is 16.1 Å². The first-order valence-electron chi connectivity index (χ1n) is 14.1. The van der Waals surface area contributed by atoms with Crippen LogP contribution >= 0.6 is 0 Å². The first-order chi connectivity index (χ1) is 21.6. The summed E-state index contributed by atoms with van der Waals surface area (Å²) in [6.07, 6.45) is 2.73. The van der Waals surface area contributed by atoms with Crippen molar-refractivity contribution < 1.29 is 28.8 Å². The predicted octanol–water partition coefficient (Wildman–Crippen LogP) is 2.85. The Labute approximate surface area is 259 Å². The molecule has 0 bridgehead atoms. The van der Waals surface area contributed by atoms with E-state index in [4.69, 9.17) is 9.26 Å². The SMILES string of the molecule is Cc1ccc(CNC(=O)[C@H](COc2cccc(C=C(C#N)n3cncn3)c2)CC(=O)[C@@H](NC(=O)c2cc(C)on2)[C@@H](C)O)cc1. The van der Waals surface area contributed by atoms with Crippen molar-refractivity contribution in [1.29, 1.82) is 5.26 Å². The van der Waals surface area contributed by atoms with E-state index in [0.29, 0.717) is 17.1 Å². The van der Waals surface area contributed by atoms with Gasteiger partial charge in [-0.2, -0.15) is 10.4 Å². The van der Waals surface area contributed by atoms with Gasteiger partial charge in [-0.25, -0.2) is 9.67 Å². The molecule has 0 aliphatic rings. The quantitative estimate of drug-likeness (QED) is 0.179. The van der Waals surface area contributed by atoms with E-state index in [1.54, 1.807) is 37.3 Å². The summed E-state index contributed by atoms with van der Waals surface area (Å²) < 4.78 is 12.2. The van der Waals surface area contributed by atoms with Gasteiger partial charge in [-0.3, -0.25) is 14.4 Å². The number of aliphatic hydroxyl groups is 1. The molecule has 0 spiro atoms. The van der Waals surface area contributed by atoms with Crippen LogP contribution in [0.2, 0.25) is 0 Å². The fourth-order valence-corrected chi connectivity index (χ4v) is 4.33. The van der Waals surface area contributed by atoms with Crippen LogP contribution in [-0.4, -0.2) is 61.4 Å². The lowest BCUT2D eigenvalue weighted by molar-refractivity contribution is -0.132. The van der Waals surface area contributed by atoms with Crippen LogP contribution in [0.1, 0.15) is 46.3 Å². The standard InChI is InChI=1S/C32H33N7O6/c1-20-7-9-23(10-8-20)16-35-31(42)25(14-29(41)30(22(3)40)37-32(43)28-11-21(2)45-38-28)17-44-27-6-4-5-24(13-27)12-26(15-33)39-19-34-18-36-39/h4-13,18-19,22,25,30,40H,14,16-17H2,1-3H3,(H,35,42)(H,37,43)/t22-,25+,30+/m1/s1. The first-order valence-corrected chi connectivity index (χ1v) is 14.1. The van der Waals surface area contributed by atoms with Gasteiger partial charge in [-0.1, -0.05) is 47.1 Å².